The number of rotatable bonds is 6. The van der Waals surface area contributed by atoms with E-state index in [1.54, 1.807) is 18.2 Å². The molecule has 1 aliphatic rings. The van der Waals surface area contributed by atoms with Gasteiger partial charge in [0.25, 0.3) is 0 Å². The maximum Gasteiger partial charge on any atom is 0.363 e. The third kappa shape index (κ3) is 4.97. The zero-order valence-corrected chi connectivity index (χ0v) is 18.8. The Labute approximate surface area is 183 Å². The number of nitrogens with zero attached hydrogens (tertiary/aromatic N) is 1. The van der Waals surface area contributed by atoms with Gasteiger partial charge in [-0.1, -0.05) is 26.0 Å². The molecule has 0 spiro atoms. The zero-order valence-electron chi connectivity index (χ0n) is 17.2. The average Bonchev–Trinajstić information content (AvgIpc) is 3.05. The second-order valence-corrected chi connectivity index (χ2v) is 7.82. The van der Waals surface area contributed by atoms with Gasteiger partial charge in [-0.15, -0.1) is 0 Å². The molecule has 0 saturated heterocycles. The second-order valence-electron chi connectivity index (χ2n) is 6.97. The SMILES string of the molecule is CCOc1cc(/C=C2\N=C(c3ccc(C(C)C)cc3)OC2=O)cc(Br)c1OC(C)=O. The van der Waals surface area contributed by atoms with Crippen LogP contribution in [0.2, 0.25) is 0 Å². The van der Waals surface area contributed by atoms with E-state index in [2.05, 4.69) is 34.8 Å². The van der Waals surface area contributed by atoms with Crippen LogP contribution in [0.3, 0.4) is 0 Å². The Morgan fingerprint density at radius 1 is 1.23 bits per heavy atom. The Morgan fingerprint density at radius 2 is 1.93 bits per heavy atom. The molecule has 6 nitrogen and oxygen atoms in total. The van der Waals surface area contributed by atoms with E-state index in [0.29, 0.717) is 28.3 Å². The summed E-state index contributed by atoms with van der Waals surface area (Å²) in [5.74, 6) is 0.359. The molecule has 0 N–H and O–H groups in total. The molecule has 1 heterocycles. The van der Waals surface area contributed by atoms with Gasteiger partial charge in [-0.05, 0) is 70.2 Å². The third-order valence-electron chi connectivity index (χ3n) is 4.33. The molecular formula is C23H22BrNO5. The minimum Gasteiger partial charge on any atom is -0.490 e. The Bertz CT molecular complexity index is 1040. The predicted octanol–water partition coefficient (Wildman–Crippen LogP) is 5.24. The van der Waals surface area contributed by atoms with Crippen LogP contribution in [0.1, 0.15) is 50.3 Å². The molecule has 0 aromatic heterocycles. The van der Waals surface area contributed by atoms with Crippen molar-refractivity contribution in [2.75, 3.05) is 6.61 Å². The van der Waals surface area contributed by atoms with E-state index in [4.69, 9.17) is 14.2 Å². The fraction of sp³-hybridized carbons (Fsp3) is 0.261. The number of aliphatic imine (C=N–C) groups is 1. The van der Waals surface area contributed by atoms with E-state index in [-0.39, 0.29) is 17.3 Å². The third-order valence-corrected chi connectivity index (χ3v) is 4.91. The van der Waals surface area contributed by atoms with Crippen LogP contribution in [0.25, 0.3) is 6.08 Å². The summed E-state index contributed by atoms with van der Waals surface area (Å²) >= 11 is 3.39. The molecular weight excluding hydrogens is 450 g/mol. The van der Waals surface area contributed by atoms with Crippen molar-refractivity contribution in [2.24, 2.45) is 4.99 Å². The molecule has 3 rings (SSSR count). The van der Waals surface area contributed by atoms with E-state index in [0.717, 1.165) is 5.56 Å². The Balaban J connectivity index is 1.93. The smallest absolute Gasteiger partial charge is 0.363 e. The van der Waals surface area contributed by atoms with Crippen molar-refractivity contribution in [1.29, 1.82) is 0 Å². The number of hydrogen-bond donors (Lipinski definition) is 0. The second kappa shape index (κ2) is 9.26. The summed E-state index contributed by atoms with van der Waals surface area (Å²) in [6.45, 7) is 7.76. The van der Waals surface area contributed by atoms with Gasteiger partial charge in [0, 0.05) is 12.5 Å². The molecule has 30 heavy (non-hydrogen) atoms. The van der Waals surface area contributed by atoms with Crippen molar-refractivity contribution in [3.63, 3.8) is 0 Å². The van der Waals surface area contributed by atoms with Gasteiger partial charge in [0.2, 0.25) is 5.90 Å². The van der Waals surface area contributed by atoms with Gasteiger partial charge in [0.05, 0.1) is 11.1 Å². The lowest BCUT2D eigenvalue weighted by molar-refractivity contribution is -0.132. The number of carbonyl (C=O) groups is 2. The first kappa shape index (κ1) is 21.8. The summed E-state index contributed by atoms with van der Waals surface area (Å²) in [6, 6.07) is 11.2. The molecule has 0 amide bonds. The number of benzene rings is 2. The van der Waals surface area contributed by atoms with Crippen molar-refractivity contribution < 1.29 is 23.8 Å². The zero-order chi connectivity index (χ0) is 21.8. The van der Waals surface area contributed by atoms with Crippen molar-refractivity contribution in [3.05, 3.63) is 63.3 Å². The highest BCUT2D eigenvalue weighted by molar-refractivity contribution is 9.10. The topological polar surface area (TPSA) is 74.2 Å². The lowest BCUT2D eigenvalue weighted by Gasteiger charge is -2.12. The molecule has 0 aliphatic carbocycles. The van der Waals surface area contributed by atoms with Crippen LogP contribution in [-0.2, 0) is 14.3 Å². The van der Waals surface area contributed by atoms with E-state index in [1.807, 2.05) is 31.2 Å². The lowest BCUT2D eigenvalue weighted by Crippen LogP contribution is -2.06. The highest BCUT2D eigenvalue weighted by atomic mass is 79.9. The number of halogens is 1. The minimum atomic E-state index is -0.531. The van der Waals surface area contributed by atoms with Gasteiger partial charge >= 0.3 is 11.9 Å². The molecule has 0 radical (unpaired) electrons. The number of cyclic esters (lactones) is 1. The molecule has 156 valence electrons. The van der Waals surface area contributed by atoms with Crippen molar-refractivity contribution in [3.8, 4) is 11.5 Å². The first-order chi connectivity index (χ1) is 14.3. The molecule has 0 bridgehead atoms. The minimum absolute atomic E-state index is 0.174. The summed E-state index contributed by atoms with van der Waals surface area (Å²) in [6.07, 6.45) is 1.60. The monoisotopic (exact) mass is 471 g/mol. The van der Waals surface area contributed by atoms with Crippen molar-refractivity contribution in [1.82, 2.24) is 0 Å². The Kier molecular flexibility index (Phi) is 6.72. The quantitative estimate of drug-likeness (QED) is 0.327. The molecule has 0 fully saturated rings. The van der Waals surface area contributed by atoms with E-state index in [1.165, 1.54) is 12.5 Å². The Hall–Kier alpha value is -2.93. The molecule has 0 saturated carbocycles. The molecule has 1 aliphatic heterocycles. The number of carbonyl (C=O) groups excluding carboxylic acids is 2. The van der Waals surface area contributed by atoms with Gasteiger partial charge in [0.1, 0.15) is 0 Å². The van der Waals surface area contributed by atoms with Crippen molar-refractivity contribution in [2.45, 2.75) is 33.6 Å². The maximum absolute atomic E-state index is 12.3. The van der Waals surface area contributed by atoms with E-state index < -0.39 is 11.9 Å². The van der Waals surface area contributed by atoms with E-state index >= 15 is 0 Å². The molecule has 0 unspecified atom stereocenters. The normalized spacial score (nSPS) is 14.7. The van der Waals surface area contributed by atoms with Crippen LogP contribution in [0.5, 0.6) is 11.5 Å². The van der Waals surface area contributed by atoms with Crippen LogP contribution >= 0.6 is 15.9 Å². The van der Waals surface area contributed by atoms with Crippen LogP contribution < -0.4 is 9.47 Å². The number of esters is 2. The highest BCUT2D eigenvalue weighted by Gasteiger charge is 2.24. The fourth-order valence-electron chi connectivity index (χ4n) is 2.88. The first-order valence-electron chi connectivity index (χ1n) is 9.56. The molecule has 0 atom stereocenters. The van der Waals surface area contributed by atoms with Gasteiger partial charge in [0.15, 0.2) is 17.2 Å². The van der Waals surface area contributed by atoms with Crippen molar-refractivity contribution >= 4 is 39.8 Å². The summed E-state index contributed by atoms with van der Waals surface area (Å²) in [5.41, 5.74) is 2.75. The van der Waals surface area contributed by atoms with Gasteiger partial charge in [-0.3, -0.25) is 4.79 Å². The van der Waals surface area contributed by atoms with Crippen LogP contribution in [0, 0.1) is 0 Å². The summed E-state index contributed by atoms with van der Waals surface area (Å²) in [4.78, 5) is 28.0. The maximum atomic E-state index is 12.3. The average molecular weight is 472 g/mol. The predicted molar refractivity (Wildman–Crippen MR) is 118 cm³/mol. The van der Waals surface area contributed by atoms with Gasteiger partial charge in [-0.25, -0.2) is 9.79 Å². The Morgan fingerprint density at radius 3 is 2.53 bits per heavy atom. The standard InChI is InChI=1S/C23H22BrNO5/c1-5-28-20-12-15(10-18(24)21(20)29-14(4)26)11-19-23(27)30-22(25-19)17-8-6-16(7-9-17)13(2)3/h6-13H,5H2,1-4H3/b19-11-. The fourth-order valence-corrected chi connectivity index (χ4v) is 3.42. The first-order valence-corrected chi connectivity index (χ1v) is 10.4. The summed E-state index contributed by atoms with van der Waals surface area (Å²) < 4.78 is 16.7. The van der Waals surface area contributed by atoms with Crippen LogP contribution in [-0.4, -0.2) is 24.4 Å². The summed E-state index contributed by atoms with van der Waals surface area (Å²) in [7, 11) is 0. The highest BCUT2D eigenvalue weighted by Crippen LogP contribution is 2.38. The lowest BCUT2D eigenvalue weighted by atomic mass is 10.0. The van der Waals surface area contributed by atoms with Crippen LogP contribution in [0.4, 0.5) is 0 Å². The molecule has 2 aromatic carbocycles. The molecule has 7 heteroatoms. The number of ether oxygens (including phenoxy) is 3. The number of hydrogen-bond acceptors (Lipinski definition) is 6. The van der Waals surface area contributed by atoms with E-state index in [9.17, 15) is 9.59 Å². The van der Waals surface area contributed by atoms with Crippen LogP contribution in [0.15, 0.2) is 51.6 Å². The largest absolute Gasteiger partial charge is 0.490 e. The van der Waals surface area contributed by atoms with Gasteiger partial charge in [-0.2, -0.15) is 0 Å². The summed E-state index contributed by atoms with van der Waals surface area (Å²) in [5, 5.41) is 0. The molecule has 2 aromatic rings. The van der Waals surface area contributed by atoms with Gasteiger partial charge < -0.3 is 14.2 Å².